The lowest BCUT2D eigenvalue weighted by Crippen LogP contribution is -2.48. The minimum absolute atomic E-state index is 0.0142. The molecule has 13 heteroatoms. The molecule has 1 aliphatic rings. The Morgan fingerprint density at radius 2 is 1.66 bits per heavy atom. The number of piperidine rings is 1. The van der Waals surface area contributed by atoms with Crippen LogP contribution in [0.5, 0.6) is 0 Å². The van der Waals surface area contributed by atoms with E-state index in [0.29, 0.717) is 32.4 Å². The van der Waals surface area contributed by atoms with Crippen LogP contribution in [0.4, 0.5) is 4.79 Å². The van der Waals surface area contributed by atoms with E-state index in [1.807, 2.05) is 20.8 Å². The van der Waals surface area contributed by atoms with E-state index in [1.54, 1.807) is 27.8 Å². The summed E-state index contributed by atoms with van der Waals surface area (Å²) in [5.74, 6) is -1.26. The largest absolute Gasteiger partial charge is 0.444 e. The number of rotatable bonds is 11. The third kappa shape index (κ3) is 10.7. The Morgan fingerprint density at radius 1 is 1.03 bits per heavy atom. The first-order chi connectivity index (χ1) is 17.8. The lowest BCUT2D eigenvalue weighted by atomic mass is 10.0. The summed E-state index contributed by atoms with van der Waals surface area (Å²) < 4.78 is 29.4. The van der Waals surface area contributed by atoms with Crippen LogP contribution in [0.15, 0.2) is 35.2 Å². The number of nitrogens with zero attached hydrogens (tertiary/aromatic N) is 2. The molecule has 1 aliphatic heterocycles. The van der Waals surface area contributed by atoms with Gasteiger partial charge >= 0.3 is 12.1 Å². The van der Waals surface area contributed by atoms with E-state index in [9.17, 15) is 27.6 Å². The molecule has 1 aromatic rings. The zero-order chi connectivity index (χ0) is 28.3. The van der Waals surface area contributed by atoms with Gasteiger partial charge in [-0.25, -0.2) is 13.2 Å². The molecular weight excluding hydrogens is 516 g/mol. The third-order valence-electron chi connectivity index (χ3n) is 5.82. The van der Waals surface area contributed by atoms with Crippen molar-refractivity contribution in [1.82, 2.24) is 20.0 Å². The minimum atomic E-state index is -3.98. The standard InChI is InChI=1S/C25H38N4O8S/c1-25(2,3)36-24(33)29-17-14-19(15-18-29)28(4)22(31)12-8-11-21(30)26-16-13-23(32)37-27-38(34,35)20-9-6-5-7-10-20/h5-7,9-10,19,27H,8,11-18H2,1-4H3,(H,26,30). The van der Waals surface area contributed by atoms with Gasteiger partial charge in [0, 0.05) is 45.6 Å². The molecule has 0 bridgehead atoms. The third-order valence-corrected chi connectivity index (χ3v) is 7.02. The van der Waals surface area contributed by atoms with Gasteiger partial charge in [-0.1, -0.05) is 18.2 Å². The Balaban J connectivity index is 1.59. The Morgan fingerprint density at radius 3 is 2.26 bits per heavy atom. The quantitative estimate of drug-likeness (QED) is 0.394. The molecule has 12 nitrogen and oxygen atoms in total. The molecule has 0 atom stereocenters. The number of sulfonamides is 1. The summed E-state index contributed by atoms with van der Waals surface area (Å²) >= 11 is 0. The van der Waals surface area contributed by atoms with Gasteiger partial charge in [0.15, 0.2) is 0 Å². The van der Waals surface area contributed by atoms with Gasteiger partial charge in [-0.15, -0.1) is 0 Å². The van der Waals surface area contributed by atoms with Gasteiger partial charge in [0.05, 0.1) is 11.3 Å². The van der Waals surface area contributed by atoms with Crippen LogP contribution in [0.1, 0.15) is 59.3 Å². The molecule has 0 spiro atoms. The van der Waals surface area contributed by atoms with Gasteiger partial charge in [0.2, 0.25) is 11.8 Å². The fraction of sp³-hybridized carbons (Fsp3) is 0.600. The van der Waals surface area contributed by atoms with Crippen molar-refractivity contribution >= 4 is 33.9 Å². The first kappa shape index (κ1) is 31.0. The number of carbonyl (C=O) groups excluding carboxylic acids is 4. The van der Waals surface area contributed by atoms with Crippen molar-refractivity contribution in [3.8, 4) is 0 Å². The van der Waals surface area contributed by atoms with Gasteiger partial charge in [-0.2, -0.15) is 0 Å². The number of nitrogens with one attached hydrogen (secondary N) is 2. The van der Waals surface area contributed by atoms with Crippen LogP contribution in [0, 0.1) is 0 Å². The van der Waals surface area contributed by atoms with E-state index in [2.05, 4.69) is 10.2 Å². The zero-order valence-corrected chi connectivity index (χ0v) is 23.2. The number of amides is 3. The van der Waals surface area contributed by atoms with Crippen molar-refractivity contribution in [2.24, 2.45) is 0 Å². The lowest BCUT2D eigenvalue weighted by Gasteiger charge is -2.37. The van der Waals surface area contributed by atoms with Gasteiger partial charge in [0.25, 0.3) is 10.0 Å². The van der Waals surface area contributed by atoms with Crippen LogP contribution in [0.25, 0.3) is 0 Å². The van der Waals surface area contributed by atoms with E-state index >= 15 is 0 Å². The summed E-state index contributed by atoms with van der Waals surface area (Å²) in [5, 5.41) is 2.55. The van der Waals surface area contributed by atoms with Gasteiger partial charge < -0.3 is 24.7 Å². The molecule has 1 fully saturated rings. The fourth-order valence-electron chi connectivity index (χ4n) is 3.73. The molecule has 1 aromatic carbocycles. The average molecular weight is 555 g/mol. The Kier molecular flexibility index (Phi) is 11.5. The highest BCUT2D eigenvalue weighted by molar-refractivity contribution is 7.89. The summed E-state index contributed by atoms with van der Waals surface area (Å²) in [5.41, 5.74) is -0.556. The molecule has 1 saturated heterocycles. The lowest BCUT2D eigenvalue weighted by molar-refractivity contribution is -0.147. The Bertz CT molecular complexity index is 1060. The maximum absolute atomic E-state index is 12.6. The maximum atomic E-state index is 12.6. The Hall–Kier alpha value is -3.19. The summed E-state index contributed by atoms with van der Waals surface area (Å²) in [4.78, 5) is 58.2. The van der Waals surface area contributed by atoms with Crippen molar-refractivity contribution < 1.29 is 37.2 Å². The highest BCUT2D eigenvalue weighted by Gasteiger charge is 2.29. The van der Waals surface area contributed by atoms with E-state index in [0.717, 1.165) is 0 Å². The molecule has 0 aromatic heterocycles. The number of benzene rings is 1. The topological polar surface area (TPSA) is 151 Å². The van der Waals surface area contributed by atoms with Crippen LogP contribution < -0.4 is 10.2 Å². The van der Waals surface area contributed by atoms with E-state index < -0.39 is 21.6 Å². The van der Waals surface area contributed by atoms with Gasteiger partial charge in [0.1, 0.15) is 5.60 Å². The summed E-state index contributed by atoms with van der Waals surface area (Å²) in [6.07, 6.45) is 1.36. The van der Waals surface area contributed by atoms with Crippen LogP contribution >= 0.6 is 0 Å². The van der Waals surface area contributed by atoms with E-state index in [-0.39, 0.29) is 54.7 Å². The number of hydrogen-bond donors (Lipinski definition) is 2. The van der Waals surface area contributed by atoms with Gasteiger partial charge in [-0.05, 0) is 57.1 Å². The number of ether oxygens (including phenoxy) is 1. The van der Waals surface area contributed by atoms with Crippen molar-refractivity contribution in [3.05, 3.63) is 30.3 Å². The van der Waals surface area contributed by atoms with E-state index in [4.69, 9.17) is 4.74 Å². The average Bonchev–Trinajstić information content (AvgIpc) is 2.86. The molecule has 0 saturated carbocycles. The second kappa shape index (κ2) is 14.1. The zero-order valence-electron chi connectivity index (χ0n) is 22.4. The van der Waals surface area contributed by atoms with Crippen molar-refractivity contribution in [3.63, 3.8) is 0 Å². The molecule has 2 rings (SSSR count). The second-order valence-corrected chi connectivity index (χ2v) is 11.7. The first-order valence-electron chi connectivity index (χ1n) is 12.6. The molecule has 212 valence electrons. The highest BCUT2D eigenvalue weighted by Crippen LogP contribution is 2.19. The summed E-state index contributed by atoms with van der Waals surface area (Å²) in [6, 6.07) is 7.45. The minimum Gasteiger partial charge on any atom is -0.444 e. The predicted octanol–water partition coefficient (Wildman–Crippen LogP) is 1.96. The molecule has 0 aliphatic carbocycles. The molecular formula is C25H38N4O8S. The maximum Gasteiger partial charge on any atom is 0.410 e. The first-order valence-corrected chi connectivity index (χ1v) is 14.0. The molecule has 0 unspecified atom stereocenters. The van der Waals surface area contributed by atoms with Crippen molar-refractivity contribution in [2.75, 3.05) is 26.7 Å². The van der Waals surface area contributed by atoms with Crippen LogP contribution in [-0.2, 0) is 34.0 Å². The Labute approximate surface area is 224 Å². The van der Waals surface area contributed by atoms with Crippen molar-refractivity contribution in [1.29, 1.82) is 0 Å². The summed E-state index contributed by atoms with van der Waals surface area (Å²) in [6.45, 7) is 6.44. The molecule has 1 heterocycles. The summed E-state index contributed by atoms with van der Waals surface area (Å²) in [7, 11) is -2.25. The number of likely N-dealkylation sites (tertiary alicyclic amines) is 1. The number of carbonyl (C=O) groups is 4. The van der Waals surface area contributed by atoms with Crippen LogP contribution in [0.3, 0.4) is 0 Å². The smallest absolute Gasteiger partial charge is 0.410 e. The van der Waals surface area contributed by atoms with Gasteiger partial charge in [-0.3, -0.25) is 14.4 Å². The fourth-order valence-corrected chi connectivity index (χ4v) is 4.55. The molecule has 3 amide bonds. The molecule has 38 heavy (non-hydrogen) atoms. The van der Waals surface area contributed by atoms with Crippen LogP contribution in [0.2, 0.25) is 0 Å². The van der Waals surface area contributed by atoms with Crippen LogP contribution in [-0.4, -0.2) is 80.4 Å². The highest BCUT2D eigenvalue weighted by atomic mass is 32.2. The number of hydrogen-bond acceptors (Lipinski definition) is 8. The second-order valence-electron chi connectivity index (χ2n) is 10.0. The molecule has 0 radical (unpaired) electrons. The normalized spacial score (nSPS) is 14.5. The van der Waals surface area contributed by atoms with Crippen molar-refractivity contribution in [2.45, 2.75) is 75.8 Å². The SMILES string of the molecule is CN(C(=O)CCCC(=O)NCCC(=O)ONS(=O)(=O)c1ccccc1)C1CCN(C(=O)OC(C)(C)C)CC1. The monoisotopic (exact) mass is 554 g/mol. The predicted molar refractivity (Wildman–Crippen MR) is 138 cm³/mol. The molecule has 2 N–H and O–H groups in total. The van der Waals surface area contributed by atoms with E-state index in [1.165, 1.54) is 24.3 Å².